The Morgan fingerprint density at radius 1 is 0.897 bits per heavy atom. The van der Waals surface area contributed by atoms with Crippen molar-refractivity contribution >= 4 is 11.8 Å². The summed E-state index contributed by atoms with van der Waals surface area (Å²) in [7, 11) is 0. The highest BCUT2D eigenvalue weighted by atomic mass is 16.5. The summed E-state index contributed by atoms with van der Waals surface area (Å²) in [4.78, 5) is 24.5. The van der Waals surface area contributed by atoms with E-state index >= 15 is 0 Å². The molecule has 0 saturated heterocycles. The van der Waals surface area contributed by atoms with Gasteiger partial charge in [0.15, 0.2) is 6.10 Å². The first-order valence-electron chi connectivity index (χ1n) is 9.61. The highest BCUT2D eigenvalue weighted by Gasteiger charge is 2.16. The van der Waals surface area contributed by atoms with Crippen LogP contribution < -0.4 is 25.1 Å². The van der Waals surface area contributed by atoms with Gasteiger partial charge in [0.25, 0.3) is 11.8 Å². The van der Waals surface area contributed by atoms with Crippen molar-refractivity contribution in [1.82, 2.24) is 10.9 Å². The molecule has 0 aliphatic carbocycles. The van der Waals surface area contributed by atoms with Crippen molar-refractivity contribution < 1.29 is 23.8 Å². The first-order chi connectivity index (χ1) is 13.9. The standard InChI is InChI=1S/C22H28N2O5/c1-5-27-18-9-11-19(12-10-18)29-16(4)21(25)23-24-22(26)17-7-6-8-20(13-17)28-14-15(2)3/h6-13,15-16H,5,14H2,1-4H3,(H,23,25)(H,24,26)/t16-/m0/s1. The van der Waals surface area contributed by atoms with Gasteiger partial charge in [-0.25, -0.2) is 0 Å². The van der Waals surface area contributed by atoms with E-state index in [0.717, 1.165) is 5.75 Å². The summed E-state index contributed by atoms with van der Waals surface area (Å²) in [5.41, 5.74) is 5.14. The number of carbonyl (C=O) groups excluding carboxylic acids is 2. The fourth-order valence-corrected chi connectivity index (χ4v) is 2.32. The second kappa shape index (κ2) is 10.9. The Hall–Kier alpha value is -3.22. The SMILES string of the molecule is CCOc1ccc(O[C@@H](C)C(=O)NNC(=O)c2cccc(OCC(C)C)c2)cc1. The summed E-state index contributed by atoms with van der Waals surface area (Å²) >= 11 is 0. The van der Waals surface area contributed by atoms with Gasteiger partial charge < -0.3 is 14.2 Å². The molecule has 2 amide bonds. The van der Waals surface area contributed by atoms with Gasteiger partial charge in [0.1, 0.15) is 17.2 Å². The molecule has 0 aromatic heterocycles. The molecule has 0 radical (unpaired) electrons. The number of rotatable bonds is 9. The first-order valence-corrected chi connectivity index (χ1v) is 9.61. The van der Waals surface area contributed by atoms with Crippen molar-refractivity contribution in [2.24, 2.45) is 5.92 Å². The number of hydrogen-bond acceptors (Lipinski definition) is 5. The zero-order valence-electron chi connectivity index (χ0n) is 17.2. The lowest BCUT2D eigenvalue weighted by Gasteiger charge is -2.15. The molecule has 0 fully saturated rings. The first kappa shape index (κ1) is 22.1. The van der Waals surface area contributed by atoms with Crippen LogP contribution in [0.3, 0.4) is 0 Å². The lowest BCUT2D eigenvalue weighted by molar-refractivity contribution is -0.128. The van der Waals surface area contributed by atoms with E-state index < -0.39 is 17.9 Å². The Kier molecular flexibility index (Phi) is 8.33. The minimum absolute atomic E-state index is 0.378. The van der Waals surface area contributed by atoms with Crippen molar-refractivity contribution in [2.75, 3.05) is 13.2 Å². The second-order valence-corrected chi connectivity index (χ2v) is 6.84. The van der Waals surface area contributed by atoms with Crippen LogP contribution in [0.15, 0.2) is 48.5 Å². The summed E-state index contributed by atoms with van der Waals surface area (Å²) in [6, 6.07) is 13.7. The number of amides is 2. The van der Waals surface area contributed by atoms with Crippen LogP contribution in [-0.4, -0.2) is 31.1 Å². The topological polar surface area (TPSA) is 85.9 Å². The van der Waals surface area contributed by atoms with Crippen LogP contribution in [0.4, 0.5) is 0 Å². The smallest absolute Gasteiger partial charge is 0.279 e. The van der Waals surface area contributed by atoms with Crippen LogP contribution in [-0.2, 0) is 4.79 Å². The quantitative estimate of drug-likeness (QED) is 0.631. The molecule has 1 atom stereocenters. The summed E-state index contributed by atoms with van der Waals surface area (Å²) in [6.07, 6.45) is -0.797. The van der Waals surface area contributed by atoms with Crippen LogP contribution in [0, 0.1) is 5.92 Å². The van der Waals surface area contributed by atoms with Crippen LogP contribution in [0.5, 0.6) is 17.2 Å². The minimum Gasteiger partial charge on any atom is -0.494 e. The molecular formula is C22H28N2O5. The molecule has 2 aromatic rings. The highest BCUT2D eigenvalue weighted by Crippen LogP contribution is 2.18. The van der Waals surface area contributed by atoms with Crippen LogP contribution in [0.1, 0.15) is 38.1 Å². The van der Waals surface area contributed by atoms with Gasteiger partial charge in [0.2, 0.25) is 0 Å². The maximum absolute atomic E-state index is 12.3. The predicted octanol–water partition coefficient (Wildman–Crippen LogP) is 3.35. The Morgan fingerprint density at radius 3 is 2.24 bits per heavy atom. The Bertz CT molecular complexity index is 805. The van der Waals surface area contributed by atoms with Crippen LogP contribution in [0.2, 0.25) is 0 Å². The molecule has 0 heterocycles. The Morgan fingerprint density at radius 2 is 1.59 bits per heavy atom. The van der Waals surface area contributed by atoms with Gasteiger partial charge in [-0.3, -0.25) is 20.4 Å². The van der Waals surface area contributed by atoms with Crippen molar-refractivity contribution in [3.8, 4) is 17.2 Å². The minimum atomic E-state index is -0.797. The van der Waals surface area contributed by atoms with E-state index in [2.05, 4.69) is 10.9 Å². The molecule has 29 heavy (non-hydrogen) atoms. The summed E-state index contributed by atoms with van der Waals surface area (Å²) < 4.78 is 16.6. The zero-order valence-corrected chi connectivity index (χ0v) is 17.2. The molecule has 0 aliphatic heterocycles. The molecule has 2 N–H and O–H groups in total. The van der Waals surface area contributed by atoms with Gasteiger partial charge in [0, 0.05) is 5.56 Å². The third-order valence-corrected chi connectivity index (χ3v) is 3.80. The molecule has 0 saturated carbocycles. The fraction of sp³-hybridized carbons (Fsp3) is 0.364. The van der Waals surface area contributed by atoms with Crippen LogP contribution >= 0.6 is 0 Å². The normalized spacial score (nSPS) is 11.5. The number of ether oxygens (including phenoxy) is 3. The van der Waals surface area contributed by atoms with Gasteiger partial charge in [-0.1, -0.05) is 19.9 Å². The number of hydrogen-bond donors (Lipinski definition) is 2. The van der Waals surface area contributed by atoms with Gasteiger partial charge in [-0.05, 0) is 62.2 Å². The molecule has 2 rings (SSSR count). The second-order valence-electron chi connectivity index (χ2n) is 6.84. The molecule has 0 aliphatic rings. The third kappa shape index (κ3) is 7.37. The molecule has 0 spiro atoms. The third-order valence-electron chi connectivity index (χ3n) is 3.80. The van der Waals surface area contributed by atoms with Crippen LogP contribution in [0.25, 0.3) is 0 Å². The van der Waals surface area contributed by atoms with Gasteiger partial charge >= 0.3 is 0 Å². The number of hydrazine groups is 1. The fourth-order valence-electron chi connectivity index (χ4n) is 2.32. The van der Waals surface area contributed by atoms with E-state index in [1.807, 2.05) is 20.8 Å². The summed E-state index contributed by atoms with van der Waals surface area (Å²) in [6.45, 7) is 8.72. The average molecular weight is 400 g/mol. The molecule has 2 aromatic carbocycles. The maximum atomic E-state index is 12.3. The van der Waals surface area contributed by atoms with Crippen molar-refractivity contribution in [2.45, 2.75) is 33.8 Å². The molecule has 0 bridgehead atoms. The maximum Gasteiger partial charge on any atom is 0.279 e. The van der Waals surface area contributed by atoms with E-state index in [0.29, 0.717) is 36.2 Å². The van der Waals surface area contributed by atoms with Crippen molar-refractivity contribution in [3.63, 3.8) is 0 Å². The largest absolute Gasteiger partial charge is 0.494 e. The summed E-state index contributed by atoms with van der Waals surface area (Å²) in [5.74, 6) is 1.32. The van der Waals surface area contributed by atoms with E-state index in [1.54, 1.807) is 55.5 Å². The van der Waals surface area contributed by atoms with E-state index in [4.69, 9.17) is 14.2 Å². The number of carbonyl (C=O) groups is 2. The van der Waals surface area contributed by atoms with Gasteiger partial charge in [0.05, 0.1) is 13.2 Å². The monoisotopic (exact) mass is 400 g/mol. The Balaban J connectivity index is 1.84. The molecular weight excluding hydrogens is 372 g/mol. The molecule has 7 nitrogen and oxygen atoms in total. The van der Waals surface area contributed by atoms with Crippen molar-refractivity contribution in [1.29, 1.82) is 0 Å². The lowest BCUT2D eigenvalue weighted by Crippen LogP contribution is -2.47. The molecule has 7 heteroatoms. The lowest BCUT2D eigenvalue weighted by atomic mass is 10.2. The molecule has 156 valence electrons. The van der Waals surface area contributed by atoms with E-state index in [9.17, 15) is 9.59 Å². The average Bonchev–Trinajstić information content (AvgIpc) is 2.72. The van der Waals surface area contributed by atoms with Crippen molar-refractivity contribution in [3.05, 3.63) is 54.1 Å². The summed E-state index contributed by atoms with van der Waals surface area (Å²) in [5, 5.41) is 0. The number of benzene rings is 2. The highest BCUT2D eigenvalue weighted by molar-refractivity contribution is 5.96. The number of nitrogens with one attached hydrogen (secondary N) is 2. The Labute approximate surface area is 171 Å². The molecule has 0 unspecified atom stereocenters. The zero-order chi connectivity index (χ0) is 21.2. The van der Waals surface area contributed by atoms with Gasteiger partial charge in [-0.2, -0.15) is 0 Å². The predicted molar refractivity (Wildman–Crippen MR) is 110 cm³/mol. The van der Waals surface area contributed by atoms with E-state index in [1.165, 1.54) is 0 Å². The van der Waals surface area contributed by atoms with E-state index in [-0.39, 0.29) is 0 Å². The van der Waals surface area contributed by atoms with Gasteiger partial charge in [-0.15, -0.1) is 0 Å².